The van der Waals surface area contributed by atoms with Crippen molar-refractivity contribution in [3.05, 3.63) is 53.6 Å². The molecule has 4 rings (SSSR count). The first-order valence-corrected chi connectivity index (χ1v) is 9.20. The highest BCUT2D eigenvalue weighted by molar-refractivity contribution is 5.98. The van der Waals surface area contributed by atoms with Crippen LogP contribution in [0.4, 0.5) is 0 Å². The van der Waals surface area contributed by atoms with Crippen LogP contribution in [0.5, 0.6) is 5.75 Å². The molecule has 26 heavy (non-hydrogen) atoms. The van der Waals surface area contributed by atoms with E-state index in [1.807, 2.05) is 30.3 Å². The third-order valence-corrected chi connectivity index (χ3v) is 5.43. The lowest BCUT2D eigenvalue weighted by atomic mass is 9.82. The molecule has 0 radical (unpaired) electrons. The molecular weight excluding hydrogens is 326 g/mol. The second kappa shape index (κ2) is 6.87. The summed E-state index contributed by atoms with van der Waals surface area (Å²) >= 11 is 0. The van der Waals surface area contributed by atoms with E-state index in [1.54, 1.807) is 12.1 Å². The maximum Gasteiger partial charge on any atom is 0.337 e. The summed E-state index contributed by atoms with van der Waals surface area (Å²) in [5.41, 5.74) is 4.99. The number of carbonyl (C=O) groups is 1. The lowest BCUT2D eigenvalue weighted by Gasteiger charge is -2.23. The van der Waals surface area contributed by atoms with E-state index in [1.165, 1.54) is 50.2 Å². The number of methoxy groups -OCH3 is 1. The molecule has 1 aliphatic rings. The zero-order valence-electron chi connectivity index (χ0n) is 14.9. The average molecular weight is 349 g/mol. The quantitative estimate of drug-likeness (QED) is 0.624. The Hall–Kier alpha value is -2.75. The van der Waals surface area contributed by atoms with E-state index in [-0.39, 0.29) is 11.7 Å². The first-order valence-electron chi connectivity index (χ1n) is 9.20. The smallest absolute Gasteiger partial charge is 0.337 e. The number of fused-ring (bicyclic) bond motifs is 1. The fourth-order valence-corrected chi connectivity index (χ4v) is 4.14. The van der Waals surface area contributed by atoms with E-state index in [2.05, 4.69) is 4.98 Å². The van der Waals surface area contributed by atoms with Gasteiger partial charge in [-0.1, -0.05) is 25.3 Å². The Labute approximate surface area is 152 Å². The Morgan fingerprint density at radius 3 is 2.50 bits per heavy atom. The topological polar surface area (TPSA) is 62.3 Å². The van der Waals surface area contributed by atoms with Crippen LogP contribution in [-0.4, -0.2) is 23.2 Å². The van der Waals surface area contributed by atoms with Crippen LogP contribution in [-0.2, 0) is 4.74 Å². The van der Waals surface area contributed by atoms with Crippen molar-refractivity contribution in [2.75, 3.05) is 7.11 Å². The van der Waals surface area contributed by atoms with Gasteiger partial charge in [-0.05, 0) is 66.3 Å². The molecular formula is C22H23NO3. The van der Waals surface area contributed by atoms with Crippen LogP contribution in [0.15, 0.2) is 42.5 Å². The van der Waals surface area contributed by atoms with Crippen LogP contribution in [0.1, 0.15) is 53.9 Å². The van der Waals surface area contributed by atoms with Gasteiger partial charge >= 0.3 is 5.97 Å². The molecule has 1 aromatic heterocycles. The predicted octanol–water partition coefficient (Wildman–Crippen LogP) is 5.37. The van der Waals surface area contributed by atoms with Gasteiger partial charge in [-0.25, -0.2) is 4.79 Å². The maximum atomic E-state index is 11.9. The molecule has 1 aliphatic carbocycles. The Morgan fingerprint density at radius 2 is 1.81 bits per heavy atom. The first-order chi connectivity index (χ1) is 12.7. The second-order valence-electron chi connectivity index (χ2n) is 7.05. The van der Waals surface area contributed by atoms with Gasteiger partial charge in [0, 0.05) is 16.6 Å². The number of aromatic amines is 1. The number of carbonyl (C=O) groups excluding carboxylic acids is 1. The summed E-state index contributed by atoms with van der Waals surface area (Å²) in [5, 5.41) is 10.8. The molecule has 0 aliphatic heterocycles. The summed E-state index contributed by atoms with van der Waals surface area (Å²) in [6, 6.07) is 13.1. The number of rotatable bonds is 3. The van der Waals surface area contributed by atoms with Crippen molar-refractivity contribution < 1.29 is 14.6 Å². The van der Waals surface area contributed by atoms with Gasteiger partial charge in [0.15, 0.2) is 0 Å². The van der Waals surface area contributed by atoms with Crippen molar-refractivity contribution in [1.82, 2.24) is 4.98 Å². The van der Waals surface area contributed by atoms with Gasteiger partial charge in [0.2, 0.25) is 0 Å². The normalized spacial score (nSPS) is 15.3. The van der Waals surface area contributed by atoms with Gasteiger partial charge in [0.25, 0.3) is 0 Å². The van der Waals surface area contributed by atoms with Crippen LogP contribution in [0.2, 0.25) is 0 Å². The van der Waals surface area contributed by atoms with Crippen molar-refractivity contribution >= 4 is 16.9 Å². The Morgan fingerprint density at radius 1 is 1.08 bits per heavy atom. The third kappa shape index (κ3) is 2.96. The monoisotopic (exact) mass is 349 g/mol. The van der Waals surface area contributed by atoms with Crippen LogP contribution >= 0.6 is 0 Å². The lowest BCUT2D eigenvalue weighted by Crippen LogP contribution is -2.05. The highest BCUT2D eigenvalue weighted by Crippen LogP contribution is 2.42. The fourth-order valence-electron chi connectivity index (χ4n) is 4.14. The molecule has 0 bridgehead atoms. The number of phenolic OH excluding ortho intramolecular Hbond substituents is 1. The van der Waals surface area contributed by atoms with Crippen molar-refractivity contribution in [3.8, 4) is 17.0 Å². The summed E-state index contributed by atoms with van der Waals surface area (Å²) in [5.74, 6) is 0.453. The third-order valence-electron chi connectivity index (χ3n) is 5.43. The minimum atomic E-state index is -0.327. The van der Waals surface area contributed by atoms with Crippen molar-refractivity contribution in [2.45, 2.75) is 38.0 Å². The van der Waals surface area contributed by atoms with Gasteiger partial charge < -0.3 is 14.8 Å². The van der Waals surface area contributed by atoms with E-state index in [0.717, 1.165) is 16.8 Å². The molecule has 4 heteroatoms. The zero-order chi connectivity index (χ0) is 18.1. The molecule has 0 atom stereocenters. The lowest BCUT2D eigenvalue weighted by molar-refractivity contribution is 0.0601. The molecule has 1 heterocycles. The van der Waals surface area contributed by atoms with Crippen molar-refractivity contribution in [1.29, 1.82) is 0 Å². The number of H-pyrrole nitrogens is 1. The number of esters is 1. The summed E-state index contributed by atoms with van der Waals surface area (Å²) in [7, 11) is 1.40. The summed E-state index contributed by atoms with van der Waals surface area (Å²) in [6.45, 7) is 0. The highest BCUT2D eigenvalue weighted by Gasteiger charge is 2.24. The number of phenols is 1. The molecule has 2 aromatic carbocycles. The molecule has 0 amide bonds. The number of nitrogens with one attached hydrogen (secondary N) is 1. The number of benzene rings is 2. The zero-order valence-corrected chi connectivity index (χ0v) is 14.9. The van der Waals surface area contributed by atoms with Gasteiger partial charge in [0.1, 0.15) is 5.75 Å². The molecule has 1 saturated carbocycles. The largest absolute Gasteiger partial charge is 0.508 e. The maximum absolute atomic E-state index is 11.9. The Kier molecular flexibility index (Phi) is 4.41. The van der Waals surface area contributed by atoms with Crippen LogP contribution in [0.3, 0.4) is 0 Å². The minimum Gasteiger partial charge on any atom is -0.508 e. The molecule has 0 saturated heterocycles. The molecule has 4 nitrogen and oxygen atoms in total. The van der Waals surface area contributed by atoms with Gasteiger partial charge in [-0.3, -0.25) is 0 Å². The summed E-state index contributed by atoms with van der Waals surface area (Å²) in [6.07, 6.45) is 6.20. The molecule has 0 unspecified atom stereocenters. The standard InChI is InChI=1S/C22H23NO3/c1-26-22(25)16-9-12-18-19(13-16)23-21(15-7-10-17(24)11-8-15)20(18)14-5-3-2-4-6-14/h7-14,23-24H,2-6H2,1H3. The minimum absolute atomic E-state index is 0.261. The Bertz CT molecular complexity index is 934. The molecule has 1 fully saturated rings. The van der Waals surface area contributed by atoms with Gasteiger partial charge in [-0.2, -0.15) is 0 Å². The number of aromatic hydroxyl groups is 1. The number of aromatic nitrogens is 1. The average Bonchev–Trinajstić information content (AvgIpc) is 3.07. The van der Waals surface area contributed by atoms with E-state index >= 15 is 0 Å². The van der Waals surface area contributed by atoms with E-state index < -0.39 is 0 Å². The number of ether oxygens (including phenoxy) is 1. The van der Waals surface area contributed by atoms with E-state index in [0.29, 0.717) is 11.5 Å². The Balaban J connectivity index is 1.89. The van der Waals surface area contributed by atoms with Gasteiger partial charge in [-0.15, -0.1) is 0 Å². The number of hydrogen-bond donors (Lipinski definition) is 2. The molecule has 134 valence electrons. The first kappa shape index (κ1) is 16.7. The van der Waals surface area contributed by atoms with Crippen LogP contribution in [0.25, 0.3) is 22.2 Å². The summed E-state index contributed by atoms with van der Waals surface area (Å²) in [4.78, 5) is 15.4. The predicted molar refractivity (Wildman–Crippen MR) is 103 cm³/mol. The van der Waals surface area contributed by atoms with E-state index in [4.69, 9.17) is 4.74 Å². The molecule has 0 spiro atoms. The van der Waals surface area contributed by atoms with E-state index in [9.17, 15) is 9.90 Å². The second-order valence-corrected chi connectivity index (χ2v) is 7.05. The van der Waals surface area contributed by atoms with Crippen molar-refractivity contribution in [2.24, 2.45) is 0 Å². The highest BCUT2D eigenvalue weighted by atomic mass is 16.5. The SMILES string of the molecule is COC(=O)c1ccc2c(C3CCCCC3)c(-c3ccc(O)cc3)[nH]c2c1. The van der Waals surface area contributed by atoms with Crippen molar-refractivity contribution in [3.63, 3.8) is 0 Å². The van der Waals surface area contributed by atoms with Crippen LogP contribution in [0, 0.1) is 0 Å². The van der Waals surface area contributed by atoms with Crippen LogP contribution < -0.4 is 0 Å². The molecule has 3 aromatic rings. The number of hydrogen-bond acceptors (Lipinski definition) is 3. The molecule has 2 N–H and O–H groups in total. The summed E-state index contributed by atoms with van der Waals surface area (Å²) < 4.78 is 4.86. The fraction of sp³-hybridized carbons (Fsp3) is 0.318. The van der Waals surface area contributed by atoms with Gasteiger partial charge in [0.05, 0.1) is 12.7 Å².